The summed E-state index contributed by atoms with van der Waals surface area (Å²) < 4.78 is 19.2. The molecule has 88 valence electrons. The predicted octanol–water partition coefficient (Wildman–Crippen LogP) is 4.14. The minimum atomic E-state index is -0.333. The van der Waals surface area contributed by atoms with Crippen molar-refractivity contribution in [3.8, 4) is 5.75 Å². The number of rotatable bonds is 3. The van der Waals surface area contributed by atoms with E-state index in [9.17, 15) is 4.39 Å². The summed E-state index contributed by atoms with van der Waals surface area (Å²) in [7, 11) is 1.61. The lowest BCUT2D eigenvalue weighted by molar-refractivity contribution is 0.414. The van der Waals surface area contributed by atoms with Crippen molar-refractivity contribution < 1.29 is 9.13 Å². The number of pyridine rings is 1. The van der Waals surface area contributed by atoms with Crippen molar-refractivity contribution >= 4 is 27.7 Å². The third-order valence-electron chi connectivity index (χ3n) is 2.05. The second-order valence-electron chi connectivity index (χ2n) is 3.22. The molecule has 17 heavy (non-hydrogen) atoms. The van der Waals surface area contributed by atoms with E-state index in [4.69, 9.17) is 4.74 Å². The van der Waals surface area contributed by atoms with Crippen LogP contribution in [0.15, 0.2) is 50.9 Å². The summed E-state index contributed by atoms with van der Waals surface area (Å²) in [4.78, 5) is 4.94. The molecule has 0 N–H and O–H groups in total. The van der Waals surface area contributed by atoms with Gasteiger partial charge in [-0.2, -0.15) is 0 Å². The van der Waals surface area contributed by atoms with Crippen LogP contribution in [-0.2, 0) is 0 Å². The van der Waals surface area contributed by atoms with Gasteiger partial charge < -0.3 is 4.74 Å². The molecule has 2 nitrogen and oxygen atoms in total. The van der Waals surface area contributed by atoms with Crippen molar-refractivity contribution in [2.24, 2.45) is 0 Å². The molecule has 0 spiro atoms. The number of halogens is 2. The number of hydrogen-bond donors (Lipinski definition) is 0. The average molecular weight is 314 g/mol. The molecule has 0 fully saturated rings. The Labute approximate surface area is 111 Å². The molecule has 0 aliphatic carbocycles. The third-order valence-corrected chi connectivity index (χ3v) is 3.48. The summed E-state index contributed by atoms with van der Waals surface area (Å²) in [6.07, 6.45) is 1.58. The van der Waals surface area contributed by atoms with Crippen molar-refractivity contribution in [1.29, 1.82) is 0 Å². The quantitative estimate of drug-likeness (QED) is 0.850. The van der Waals surface area contributed by atoms with Crippen molar-refractivity contribution in [2.75, 3.05) is 7.11 Å². The maximum atomic E-state index is 13.5. The average Bonchev–Trinajstić information content (AvgIpc) is 2.34. The van der Waals surface area contributed by atoms with Gasteiger partial charge in [0.2, 0.25) is 0 Å². The molecular formula is C12H9BrFNOS. The molecule has 1 aromatic heterocycles. The molecule has 0 aliphatic rings. The largest absolute Gasteiger partial charge is 0.497 e. The maximum Gasteiger partial charge on any atom is 0.156 e. The number of methoxy groups -OCH3 is 1. The molecule has 2 aromatic rings. The molecule has 0 saturated heterocycles. The fraction of sp³-hybridized carbons (Fsp3) is 0.0833. The summed E-state index contributed by atoms with van der Waals surface area (Å²) in [6, 6.07) is 8.80. The van der Waals surface area contributed by atoms with E-state index in [-0.39, 0.29) is 5.82 Å². The van der Waals surface area contributed by atoms with Crippen molar-refractivity contribution in [3.63, 3.8) is 0 Å². The lowest BCUT2D eigenvalue weighted by Crippen LogP contribution is -1.87. The highest BCUT2D eigenvalue weighted by atomic mass is 79.9. The molecule has 5 heteroatoms. The van der Waals surface area contributed by atoms with Gasteiger partial charge in [-0.25, -0.2) is 9.37 Å². The zero-order valence-corrected chi connectivity index (χ0v) is 11.4. The van der Waals surface area contributed by atoms with Crippen LogP contribution >= 0.6 is 27.7 Å². The zero-order chi connectivity index (χ0) is 12.3. The van der Waals surface area contributed by atoms with Crippen LogP contribution in [0.3, 0.4) is 0 Å². The van der Waals surface area contributed by atoms with Crippen molar-refractivity contribution in [1.82, 2.24) is 4.98 Å². The van der Waals surface area contributed by atoms with Crippen LogP contribution in [0.25, 0.3) is 0 Å². The molecule has 2 rings (SSSR count). The Hall–Kier alpha value is -1.07. The van der Waals surface area contributed by atoms with Crippen LogP contribution < -0.4 is 4.74 Å². The molecule has 0 atom stereocenters. The van der Waals surface area contributed by atoms with Crippen LogP contribution in [0, 0.1) is 5.82 Å². The SMILES string of the molecule is COc1ccc(Sc2ncc(Br)cc2F)cc1. The van der Waals surface area contributed by atoms with Crippen LogP contribution in [0.5, 0.6) is 5.75 Å². The topological polar surface area (TPSA) is 22.1 Å². The number of hydrogen-bond acceptors (Lipinski definition) is 3. The monoisotopic (exact) mass is 313 g/mol. The van der Waals surface area contributed by atoms with Crippen LogP contribution in [-0.4, -0.2) is 12.1 Å². The fourth-order valence-electron chi connectivity index (χ4n) is 1.23. The molecule has 0 saturated carbocycles. The van der Waals surface area contributed by atoms with Gasteiger partial charge in [-0.05, 0) is 46.3 Å². The van der Waals surface area contributed by atoms with Gasteiger partial charge in [0.1, 0.15) is 10.8 Å². The Morgan fingerprint density at radius 3 is 2.59 bits per heavy atom. The molecule has 0 aliphatic heterocycles. The van der Waals surface area contributed by atoms with E-state index < -0.39 is 0 Å². The smallest absolute Gasteiger partial charge is 0.156 e. The molecule has 0 unspecified atom stereocenters. The van der Waals surface area contributed by atoms with E-state index in [1.54, 1.807) is 13.3 Å². The Morgan fingerprint density at radius 1 is 1.29 bits per heavy atom. The van der Waals surface area contributed by atoms with Gasteiger partial charge in [0, 0.05) is 15.6 Å². The summed E-state index contributed by atoms with van der Waals surface area (Å²) in [5.41, 5.74) is 0. The van der Waals surface area contributed by atoms with E-state index in [1.807, 2.05) is 24.3 Å². The van der Waals surface area contributed by atoms with E-state index in [1.165, 1.54) is 17.8 Å². The Balaban J connectivity index is 2.19. The number of benzene rings is 1. The summed E-state index contributed by atoms with van der Waals surface area (Å²) >= 11 is 4.45. The first kappa shape index (κ1) is 12.4. The fourth-order valence-corrected chi connectivity index (χ4v) is 2.29. The van der Waals surface area contributed by atoms with Crippen LogP contribution in [0.4, 0.5) is 4.39 Å². The Morgan fingerprint density at radius 2 is 2.00 bits per heavy atom. The number of nitrogens with zero attached hydrogens (tertiary/aromatic N) is 1. The number of ether oxygens (including phenoxy) is 1. The van der Waals surface area contributed by atoms with E-state index in [2.05, 4.69) is 20.9 Å². The van der Waals surface area contributed by atoms with Gasteiger partial charge in [0.05, 0.1) is 7.11 Å². The van der Waals surface area contributed by atoms with Gasteiger partial charge in [-0.3, -0.25) is 0 Å². The van der Waals surface area contributed by atoms with E-state index in [0.29, 0.717) is 9.50 Å². The minimum Gasteiger partial charge on any atom is -0.497 e. The molecule has 1 aromatic carbocycles. The van der Waals surface area contributed by atoms with Gasteiger partial charge in [-0.15, -0.1) is 0 Å². The Kier molecular flexibility index (Phi) is 4.02. The lowest BCUT2D eigenvalue weighted by Gasteiger charge is -2.04. The Bertz CT molecular complexity index is 518. The summed E-state index contributed by atoms with van der Waals surface area (Å²) in [5.74, 6) is 0.443. The number of aromatic nitrogens is 1. The second-order valence-corrected chi connectivity index (χ2v) is 5.20. The van der Waals surface area contributed by atoms with Gasteiger partial charge in [0.15, 0.2) is 5.82 Å². The van der Waals surface area contributed by atoms with Gasteiger partial charge in [0.25, 0.3) is 0 Å². The second kappa shape index (κ2) is 5.51. The van der Waals surface area contributed by atoms with Crippen LogP contribution in [0.2, 0.25) is 0 Å². The van der Waals surface area contributed by atoms with Crippen LogP contribution in [0.1, 0.15) is 0 Å². The highest BCUT2D eigenvalue weighted by Crippen LogP contribution is 2.30. The highest BCUT2D eigenvalue weighted by Gasteiger charge is 2.06. The molecule has 1 heterocycles. The van der Waals surface area contributed by atoms with Crippen molar-refractivity contribution in [3.05, 3.63) is 46.8 Å². The van der Waals surface area contributed by atoms with E-state index >= 15 is 0 Å². The molecular weight excluding hydrogens is 305 g/mol. The maximum absolute atomic E-state index is 13.5. The van der Waals surface area contributed by atoms with Crippen molar-refractivity contribution in [2.45, 2.75) is 9.92 Å². The molecule has 0 bridgehead atoms. The zero-order valence-electron chi connectivity index (χ0n) is 8.98. The predicted molar refractivity (Wildman–Crippen MR) is 69.0 cm³/mol. The molecule has 0 amide bonds. The van der Waals surface area contributed by atoms with E-state index in [0.717, 1.165) is 10.6 Å². The standard InChI is InChI=1S/C12H9BrFNOS/c1-16-9-2-4-10(5-3-9)17-12-11(14)6-8(13)7-15-12/h2-7H,1H3. The third kappa shape index (κ3) is 3.20. The first-order chi connectivity index (χ1) is 8.19. The highest BCUT2D eigenvalue weighted by molar-refractivity contribution is 9.10. The molecule has 0 radical (unpaired) electrons. The summed E-state index contributed by atoms with van der Waals surface area (Å²) in [5, 5.41) is 0.360. The lowest BCUT2D eigenvalue weighted by atomic mass is 10.3. The van der Waals surface area contributed by atoms with Gasteiger partial charge >= 0.3 is 0 Å². The minimum absolute atomic E-state index is 0.333. The first-order valence-electron chi connectivity index (χ1n) is 4.82. The summed E-state index contributed by atoms with van der Waals surface area (Å²) in [6.45, 7) is 0. The first-order valence-corrected chi connectivity index (χ1v) is 6.43. The van der Waals surface area contributed by atoms with Gasteiger partial charge in [-0.1, -0.05) is 11.8 Å². The normalized spacial score (nSPS) is 10.3.